The molecule has 2 aromatic rings. The lowest BCUT2D eigenvalue weighted by Crippen LogP contribution is -2.35. The highest BCUT2D eigenvalue weighted by molar-refractivity contribution is 5.24. The smallest absolute Gasteiger partial charge is 0.433 e. The minimum Gasteiger partial charge on any atom is -0.493 e. The van der Waals surface area contributed by atoms with Crippen molar-refractivity contribution in [3.05, 3.63) is 41.0 Å². The van der Waals surface area contributed by atoms with Gasteiger partial charge in [0.2, 0.25) is 0 Å². The summed E-state index contributed by atoms with van der Waals surface area (Å²) in [7, 11) is 0. The van der Waals surface area contributed by atoms with Crippen molar-refractivity contribution < 1.29 is 22.4 Å². The molecule has 26 heavy (non-hydrogen) atoms. The van der Waals surface area contributed by atoms with E-state index in [1.165, 1.54) is 6.07 Å². The van der Waals surface area contributed by atoms with Crippen LogP contribution in [0.1, 0.15) is 35.6 Å². The van der Waals surface area contributed by atoms with Crippen molar-refractivity contribution in [3.63, 3.8) is 0 Å². The third kappa shape index (κ3) is 4.55. The third-order valence-corrected chi connectivity index (χ3v) is 4.78. The highest BCUT2D eigenvalue weighted by Crippen LogP contribution is 2.30. The maximum atomic E-state index is 12.7. The Morgan fingerprint density at radius 2 is 2.00 bits per heavy atom. The number of hydrogen-bond acceptors (Lipinski definition) is 5. The first-order chi connectivity index (χ1) is 12.3. The van der Waals surface area contributed by atoms with Crippen LogP contribution >= 0.6 is 0 Å². The number of pyridine rings is 1. The molecule has 0 aromatic carbocycles. The van der Waals surface area contributed by atoms with Crippen molar-refractivity contribution >= 4 is 0 Å². The average molecular weight is 369 g/mol. The molecule has 1 saturated heterocycles. The Hall–Kier alpha value is -2.09. The van der Waals surface area contributed by atoms with Crippen LogP contribution in [0.3, 0.4) is 0 Å². The zero-order valence-electron chi connectivity index (χ0n) is 14.8. The largest absolute Gasteiger partial charge is 0.493 e. The predicted molar refractivity (Wildman–Crippen MR) is 88.7 cm³/mol. The lowest BCUT2D eigenvalue weighted by atomic mass is 9.97. The molecule has 0 saturated carbocycles. The number of halogens is 3. The second-order valence-corrected chi connectivity index (χ2v) is 6.71. The van der Waals surface area contributed by atoms with Gasteiger partial charge < -0.3 is 9.26 Å². The molecule has 0 N–H and O–H groups in total. The van der Waals surface area contributed by atoms with E-state index in [0.29, 0.717) is 12.5 Å². The molecule has 0 aliphatic carbocycles. The average Bonchev–Trinajstić information content (AvgIpc) is 2.93. The number of piperidine rings is 1. The molecule has 5 nitrogen and oxygen atoms in total. The first-order valence-electron chi connectivity index (χ1n) is 8.63. The quantitative estimate of drug-likeness (QED) is 0.797. The van der Waals surface area contributed by atoms with Gasteiger partial charge in [0, 0.05) is 24.4 Å². The van der Waals surface area contributed by atoms with Crippen molar-refractivity contribution in [3.8, 4) is 5.75 Å². The Labute approximate surface area is 150 Å². The molecule has 0 atom stereocenters. The van der Waals surface area contributed by atoms with Crippen molar-refractivity contribution in [2.75, 3.05) is 19.7 Å². The molecule has 8 heteroatoms. The first-order valence-corrected chi connectivity index (χ1v) is 8.63. The van der Waals surface area contributed by atoms with E-state index in [0.717, 1.165) is 61.8 Å². The summed E-state index contributed by atoms with van der Waals surface area (Å²) in [6.07, 6.45) is -1.44. The third-order valence-electron chi connectivity index (χ3n) is 4.78. The SMILES string of the molecule is Cc1noc(C)c1CN1CCC(COc2ccnc(C(F)(F)F)c2)CC1. The van der Waals surface area contributed by atoms with E-state index < -0.39 is 11.9 Å². The summed E-state index contributed by atoms with van der Waals surface area (Å²) >= 11 is 0. The molecule has 1 fully saturated rings. The van der Waals surface area contributed by atoms with E-state index in [1.54, 1.807) is 0 Å². The van der Waals surface area contributed by atoms with E-state index in [9.17, 15) is 13.2 Å². The fraction of sp³-hybridized carbons (Fsp3) is 0.556. The van der Waals surface area contributed by atoms with Crippen LogP contribution in [-0.2, 0) is 12.7 Å². The number of alkyl halides is 3. The molecular weight excluding hydrogens is 347 g/mol. The summed E-state index contributed by atoms with van der Waals surface area (Å²) in [6.45, 7) is 6.93. The first kappa shape index (κ1) is 18.7. The molecule has 1 aliphatic rings. The van der Waals surface area contributed by atoms with Gasteiger partial charge in [0.25, 0.3) is 0 Å². The lowest BCUT2D eigenvalue weighted by Gasteiger charge is -2.31. The maximum absolute atomic E-state index is 12.7. The summed E-state index contributed by atoms with van der Waals surface area (Å²) in [5.74, 6) is 1.40. The molecule has 0 radical (unpaired) electrons. The zero-order chi connectivity index (χ0) is 18.7. The Bertz CT molecular complexity index is 718. The summed E-state index contributed by atoms with van der Waals surface area (Å²) in [5, 5.41) is 3.98. The van der Waals surface area contributed by atoms with Crippen molar-refractivity contribution in [2.45, 2.75) is 39.4 Å². The van der Waals surface area contributed by atoms with Crippen LogP contribution < -0.4 is 4.74 Å². The second kappa shape index (κ2) is 7.65. The summed E-state index contributed by atoms with van der Waals surface area (Å²) in [5.41, 5.74) is 1.13. The maximum Gasteiger partial charge on any atom is 0.433 e. The monoisotopic (exact) mass is 369 g/mol. The minimum absolute atomic E-state index is 0.213. The zero-order valence-corrected chi connectivity index (χ0v) is 14.8. The topological polar surface area (TPSA) is 51.4 Å². The normalized spacial score (nSPS) is 16.8. The van der Waals surface area contributed by atoms with Gasteiger partial charge in [0.15, 0.2) is 0 Å². The van der Waals surface area contributed by atoms with E-state index in [-0.39, 0.29) is 5.75 Å². The number of hydrogen-bond donors (Lipinski definition) is 0. The van der Waals surface area contributed by atoms with E-state index >= 15 is 0 Å². The highest BCUT2D eigenvalue weighted by atomic mass is 19.4. The Balaban J connectivity index is 1.47. The van der Waals surface area contributed by atoms with Crippen LogP contribution in [0, 0.1) is 19.8 Å². The van der Waals surface area contributed by atoms with Gasteiger partial charge in [-0.05, 0) is 51.8 Å². The number of rotatable bonds is 5. The Kier molecular flexibility index (Phi) is 5.50. The highest BCUT2D eigenvalue weighted by Gasteiger charge is 2.32. The van der Waals surface area contributed by atoms with Crippen LogP contribution in [0.2, 0.25) is 0 Å². The van der Waals surface area contributed by atoms with Crippen molar-refractivity contribution in [1.82, 2.24) is 15.0 Å². The van der Waals surface area contributed by atoms with E-state index in [2.05, 4.69) is 15.0 Å². The fourth-order valence-electron chi connectivity index (χ4n) is 3.13. The van der Waals surface area contributed by atoms with Crippen LogP contribution in [0.15, 0.2) is 22.9 Å². The summed E-state index contributed by atoms with van der Waals surface area (Å²) < 4.78 is 48.8. The molecule has 0 spiro atoms. The number of likely N-dealkylation sites (tertiary alicyclic amines) is 1. The van der Waals surface area contributed by atoms with Gasteiger partial charge in [-0.15, -0.1) is 0 Å². The minimum atomic E-state index is -4.46. The van der Waals surface area contributed by atoms with Gasteiger partial charge in [-0.25, -0.2) is 0 Å². The molecule has 142 valence electrons. The molecule has 0 amide bonds. The van der Waals surface area contributed by atoms with Crippen molar-refractivity contribution in [1.29, 1.82) is 0 Å². The predicted octanol–water partition coefficient (Wildman–Crippen LogP) is 4.00. The van der Waals surface area contributed by atoms with Crippen LogP contribution in [0.5, 0.6) is 5.75 Å². The molecule has 1 aliphatic heterocycles. The number of aromatic nitrogens is 2. The Morgan fingerprint density at radius 1 is 1.27 bits per heavy atom. The summed E-state index contributed by atoms with van der Waals surface area (Å²) in [4.78, 5) is 5.68. The molecule has 2 aromatic heterocycles. The van der Waals surface area contributed by atoms with Crippen LogP contribution in [-0.4, -0.2) is 34.7 Å². The van der Waals surface area contributed by atoms with Crippen LogP contribution in [0.4, 0.5) is 13.2 Å². The van der Waals surface area contributed by atoms with E-state index in [1.807, 2.05) is 13.8 Å². The fourth-order valence-corrected chi connectivity index (χ4v) is 3.13. The number of ether oxygens (including phenoxy) is 1. The van der Waals surface area contributed by atoms with Gasteiger partial charge in [-0.2, -0.15) is 13.2 Å². The summed E-state index contributed by atoms with van der Waals surface area (Å²) in [6, 6.07) is 2.41. The number of aryl methyl sites for hydroxylation is 2. The molecule has 0 bridgehead atoms. The molecule has 3 heterocycles. The number of nitrogens with zero attached hydrogens (tertiary/aromatic N) is 3. The van der Waals surface area contributed by atoms with Gasteiger partial charge in [-0.1, -0.05) is 5.16 Å². The van der Waals surface area contributed by atoms with Gasteiger partial charge in [0.1, 0.15) is 17.2 Å². The van der Waals surface area contributed by atoms with E-state index in [4.69, 9.17) is 9.26 Å². The Morgan fingerprint density at radius 3 is 2.62 bits per heavy atom. The molecule has 3 rings (SSSR count). The van der Waals surface area contributed by atoms with Gasteiger partial charge in [-0.3, -0.25) is 9.88 Å². The second-order valence-electron chi connectivity index (χ2n) is 6.71. The van der Waals surface area contributed by atoms with Crippen molar-refractivity contribution in [2.24, 2.45) is 5.92 Å². The lowest BCUT2D eigenvalue weighted by molar-refractivity contribution is -0.141. The van der Waals surface area contributed by atoms with Crippen LogP contribution in [0.25, 0.3) is 0 Å². The molecule has 0 unspecified atom stereocenters. The van der Waals surface area contributed by atoms with Gasteiger partial charge >= 0.3 is 6.18 Å². The van der Waals surface area contributed by atoms with Gasteiger partial charge in [0.05, 0.1) is 12.3 Å². The molecular formula is C18H22F3N3O2. The standard InChI is InChI=1S/C18H22F3N3O2/c1-12-16(13(2)26-23-12)10-24-7-4-14(5-8-24)11-25-15-3-6-22-17(9-15)18(19,20)21/h3,6,9,14H,4-5,7-8,10-11H2,1-2H3.